The van der Waals surface area contributed by atoms with Gasteiger partial charge in [-0.3, -0.25) is 9.36 Å². The summed E-state index contributed by atoms with van der Waals surface area (Å²) in [5, 5.41) is 10.4. The summed E-state index contributed by atoms with van der Waals surface area (Å²) in [7, 11) is 0. The first kappa shape index (κ1) is 27.2. The van der Waals surface area contributed by atoms with Crippen LogP contribution in [0.15, 0.2) is 69.6 Å². The number of carbonyl (C=O) groups is 1. The van der Waals surface area contributed by atoms with Gasteiger partial charge in [-0.25, -0.2) is 9.79 Å². The van der Waals surface area contributed by atoms with Crippen LogP contribution < -0.4 is 19.6 Å². The molecule has 0 saturated heterocycles. The van der Waals surface area contributed by atoms with Crippen molar-refractivity contribution in [1.29, 1.82) is 5.26 Å². The lowest BCUT2D eigenvalue weighted by molar-refractivity contribution is -0.139. The second-order valence-corrected chi connectivity index (χ2v) is 10.8. The summed E-state index contributed by atoms with van der Waals surface area (Å²) in [5.74, 6) is 0.0711. The number of rotatable bonds is 7. The summed E-state index contributed by atoms with van der Waals surface area (Å²) in [6, 6.07) is 16.7. The summed E-state index contributed by atoms with van der Waals surface area (Å²) >= 11 is 1.27. The monoisotopic (exact) mass is 554 g/mol. The Morgan fingerprint density at radius 1 is 1.18 bits per heavy atom. The standard InChI is InChI=1S/C31H30N4O4S/c1-6-38-30(37)27-19(4)33-31-35(28(27)22-12-8-10-14-25(22)39-18(2)3)29(36)26(40-31)17-23-20(5)34(16-15-32)24-13-9-7-11-21(23)24/h7-14,17-18,28H,6,16H2,1-5H3/b26-17-/t28-/m1/s1. The van der Waals surface area contributed by atoms with Gasteiger partial charge >= 0.3 is 5.97 Å². The van der Waals surface area contributed by atoms with Crippen LogP contribution in [-0.2, 0) is 16.1 Å². The Hall–Kier alpha value is -4.42. The van der Waals surface area contributed by atoms with Crippen molar-refractivity contribution in [2.75, 3.05) is 6.61 Å². The SMILES string of the molecule is CCOC(=O)C1=C(C)N=c2s/c(=C\c3c(C)n(CC#N)c4ccccc34)c(=O)n2[C@@H]1c1ccccc1OC(C)C. The van der Waals surface area contributed by atoms with Gasteiger partial charge < -0.3 is 14.0 Å². The van der Waals surface area contributed by atoms with Crippen LogP contribution in [0.2, 0.25) is 0 Å². The molecule has 0 fully saturated rings. The second kappa shape index (κ2) is 11.0. The molecule has 1 aliphatic heterocycles. The molecule has 0 saturated carbocycles. The maximum Gasteiger partial charge on any atom is 0.338 e. The molecule has 204 valence electrons. The molecule has 4 aromatic rings. The van der Waals surface area contributed by atoms with Crippen molar-refractivity contribution < 1.29 is 14.3 Å². The maximum atomic E-state index is 14.2. The van der Waals surface area contributed by atoms with Crippen molar-refractivity contribution >= 4 is 34.3 Å². The number of nitrogens with zero attached hydrogens (tertiary/aromatic N) is 4. The topological polar surface area (TPSA) is 98.6 Å². The Morgan fingerprint density at radius 3 is 2.62 bits per heavy atom. The number of ether oxygens (including phenoxy) is 2. The van der Waals surface area contributed by atoms with Crippen molar-refractivity contribution in [3.8, 4) is 11.8 Å². The van der Waals surface area contributed by atoms with E-state index in [1.807, 2.05) is 79.9 Å². The van der Waals surface area contributed by atoms with Gasteiger partial charge in [-0.15, -0.1) is 0 Å². The van der Waals surface area contributed by atoms with E-state index < -0.39 is 12.0 Å². The highest BCUT2D eigenvalue weighted by molar-refractivity contribution is 7.07. The smallest absolute Gasteiger partial charge is 0.338 e. The molecule has 2 aromatic heterocycles. The fraction of sp³-hybridized carbons (Fsp3) is 0.290. The van der Waals surface area contributed by atoms with Crippen molar-refractivity contribution in [2.45, 2.75) is 53.3 Å². The predicted molar refractivity (Wildman–Crippen MR) is 155 cm³/mol. The summed E-state index contributed by atoms with van der Waals surface area (Å²) in [6.07, 6.45) is 1.76. The molecule has 0 unspecified atom stereocenters. The van der Waals surface area contributed by atoms with Crippen LogP contribution in [0, 0.1) is 18.3 Å². The highest BCUT2D eigenvalue weighted by atomic mass is 32.1. The van der Waals surface area contributed by atoms with E-state index in [-0.39, 0.29) is 24.8 Å². The number of thiazole rings is 1. The molecule has 8 nitrogen and oxygen atoms in total. The van der Waals surface area contributed by atoms with E-state index in [0.29, 0.717) is 31.9 Å². The zero-order valence-corrected chi connectivity index (χ0v) is 23.9. The average molecular weight is 555 g/mol. The Labute approximate surface area is 235 Å². The van der Waals surface area contributed by atoms with Gasteiger partial charge in [0, 0.05) is 27.7 Å². The van der Waals surface area contributed by atoms with Crippen LogP contribution in [0.1, 0.15) is 50.6 Å². The van der Waals surface area contributed by atoms with Crippen molar-refractivity contribution in [3.63, 3.8) is 0 Å². The van der Waals surface area contributed by atoms with Gasteiger partial charge in [0.15, 0.2) is 4.80 Å². The minimum atomic E-state index is -0.770. The number of allylic oxidation sites excluding steroid dienone is 1. The molecular formula is C31H30N4O4S. The maximum absolute atomic E-state index is 14.2. The van der Waals surface area contributed by atoms with Crippen LogP contribution in [0.25, 0.3) is 17.0 Å². The van der Waals surface area contributed by atoms with Gasteiger partial charge in [0.2, 0.25) is 0 Å². The Morgan fingerprint density at radius 2 is 1.90 bits per heavy atom. The highest BCUT2D eigenvalue weighted by Gasteiger charge is 2.35. The van der Waals surface area contributed by atoms with Gasteiger partial charge in [-0.1, -0.05) is 47.7 Å². The van der Waals surface area contributed by atoms with E-state index in [0.717, 1.165) is 22.2 Å². The highest BCUT2D eigenvalue weighted by Crippen LogP contribution is 2.36. The Bertz CT molecular complexity index is 1880. The fourth-order valence-corrected chi connectivity index (χ4v) is 6.23. The van der Waals surface area contributed by atoms with Crippen LogP contribution in [0.4, 0.5) is 0 Å². The fourth-order valence-electron chi connectivity index (χ4n) is 5.20. The van der Waals surface area contributed by atoms with Gasteiger partial charge in [-0.05, 0) is 52.8 Å². The number of para-hydroxylation sites is 2. The molecule has 3 heterocycles. The predicted octanol–water partition coefficient (Wildman–Crippen LogP) is 4.37. The summed E-state index contributed by atoms with van der Waals surface area (Å²) < 4.78 is 15.5. The van der Waals surface area contributed by atoms with Crippen LogP contribution >= 0.6 is 11.3 Å². The lowest BCUT2D eigenvalue weighted by Gasteiger charge is -2.26. The number of nitriles is 1. The van der Waals surface area contributed by atoms with E-state index in [1.165, 1.54) is 11.3 Å². The number of benzene rings is 2. The van der Waals surface area contributed by atoms with Crippen LogP contribution in [0.3, 0.4) is 0 Å². The third-order valence-electron chi connectivity index (χ3n) is 6.88. The van der Waals surface area contributed by atoms with Crippen molar-refractivity contribution in [3.05, 3.63) is 96.3 Å². The summed E-state index contributed by atoms with van der Waals surface area (Å²) in [4.78, 5) is 32.6. The van der Waals surface area contributed by atoms with E-state index in [1.54, 1.807) is 18.4 Å². The number of hydrogen-bond donors (Lipinski definition) is 0. The van der Waals surface area contributed by atoms with Crippen molar-refractivity contribution in [1.82, 2.24) is 9.13 Å². The third kappa shape index (κ3) is 4.65. The zero-order valence-electron chi connectivity index (χ0n) is 23.1. The lowest BCUT2D eigenvalue weighted by Crippen LogP contribution is -2.40. The summed E-state index contributed by atoms with van der Waals surface area (Å²) in [5.41, 5.74) is 3.92. The van der Waals surface area contributed by atoms with E-state index in [9.17, 15) is 14.9 Å². The first-order valence-electron chi connectivity index (χ1n) is 13.2. The quantitative estimate of drug-likeness (QED) is 0.316. The molecule has 0 bridgehead atoms. The number of aromatic nitrogens is 2. The zero-order chi connectivity index (χ0) is 28.6. The van der Waals surface area contributed by atoms with Gasteiger partial charge in [0.1, 0.15) is 18.3 Å². The molecule has 0 radical (unpaired) electrons. The summed E-state index contributed by atoms with van der Waals surface area (Å²) in [6.45, 7) is 9.73. The van der Waals surface area contributed by atoms with E-state index in [4.69, 9.17) is 14.5 Å². The molecule has 9 heteroatoms. The minimum Gasteiger partial charge on any atom is -0.491 e. The normalized spacial score (nSPS) is 15.2. The molecule has 0 aliphatic carbocycles. The lowest BCUT2D eigenvalue weighted by atomic mass is 9.95. The molecule has 0 spiro atoms. The molecule has 0 amide bonds. The van der Waals surface area contributed by atoms with Crippen LogP contribution in [0.5, 0.6) is 5.75 Å². The molecular weight excluding hydrogens is 524 g/mol. The van der Waals surface area contributed by atoms with E-state index >= 15 is 0 Å². The van der Waals surface area contributed by atoms with Gasteiger partial charge in [0.25, 0.3) is 5.56 Å². The molecule has 1 atom stereocenters. The van der Waals surface area contributed by atoms with Gasteiger partial charge in [-0.2, -0.15) is 5.26 Å². The van der Waals surface area contributed by atoms with Gasteiger partial charge in [0.05, 0.1) is 34.6 Å². The Kier molecular flexibility index (Phi) is 7.46. The largest absolute Gasteiger partial charge is 0.491 e. The molecule has 0 N–H and O–H groups in total. The molecule has 40 heavy (non-hydrogen) atoms. The number of carbonyl (C=O) groups excluding carboxylic acids is 1. The molecule has 5 rings (SSSR count). The van der Waals surface area contributed by atoms with E-state index in [2.05, 4.69) is 6.07 Å². The first-order chi connectivity index (χ1) is 19.3. The third-order valence-corrected chi connectivity index (χ3v) is 7.86. The Balaban J connectivity index is 1.79. The first-order valence-corrected chi connectivity index (χ1v) is 14.0. The second-order valence-electron chi connectivity index (χ2n) is 9.77. The van der Waals surface area contributed by atoms with Crippen molar-refractivity contribution in [2.24, 2.45) is 4.99 Å². The van der Waals surface area contributed by atoms with Crippen LogP contribution in [-0.4, -0.2) is 27.8 Å². The minimum absolute atomic E-state index is 0.109. The number of fused-ring (bicyclic) bond motifs is 2. The number of hydrogen-bond acceptors (Lipinski definition) is 7. The average Bonchev–Trinajstić information content (AvgIpc) is 3.37. The molecule has 1 aliphatic rings. The molecule has 2 aromatic carbocycles. The number of esters is 1.